The molecule has 0 aromatic carbocycles. The highest BCUT2D eigenvalue weighted by atomic mass is 16.2. The van der Waals surface area contributed by atoms with Crippen molar-refractivity contribution in [2.45, 2.75) is 71.6 Å². The average Bonchev–Trinajstić information content (AvgIpc) is 2.70. The lowest BCUT2D eigenvalue weighted by Crippen LogP contribution is -2.67. The van der Waals surface area contributed by atoms with Gasteiger partial charge in [0.25, 0.3) is 0 Å². The molecule has 3 nitrogen and oxygen atoms in total. The number of fused-ring (bicyclic) bond motifs is 2. The Morgan fingerprint density at radius 3 is 2.50 bits per heavy atom. The summed E-state index contributed by atoms with van der Waals surface area (Å²) in [7, 11) is 0. The van der Waals surface area contributed by atoms with E-state index < -0.39 is 0 Å². The zero-order valence-corrected chi connectivity index (χ0v) is 19.1. The van der Waals surface area contributed by atoms with Crippen LogP contribution in [0.4, 0.5) is 0 Å². The Labute approximate surface area is 183 Å². The summed E-state index contributed by atoms with van der Waals surface area (Å²) in [6, 6.07) is 0. The van der Waals surface area contributed by atoms with Gasteiger partial charge in [-0.3, -0.25) is 4.79 Å². The number of nitrogens with one attached hydrogen (secondary N) is 1. The van der Waals surface area contributed by atoms with Gasteiger partial charge in [-0.15, -0.1) is 0 Å². The van der Waals surface area contributed by atoms with Gasteiger partial charge in [-0.1, -0.05) is 37.8 Å². The average molecular weight is 409 g/mol. The van der Waals surface area contributed by atoms with Crippen molar-refractivity contribution < 1.29 is 4.79 Å². The summed E-state index contributed by atoms with van der Waals surface area (Å²) in [5, 5.41) is 3.49. The van der Waals surface area contributed by atoms with Gasteiger partial charge in [0, 0.05) is 18.5 Å². The lowest BCUT2D eigenvalue weighted by atomic mass is 9.39. The molecule has 0 aromatic rings. The number of amides is 1. The van der Waals surface area contributed by atoms with Crippen LogP contribution >= 0.6 is 0 Å². The first-order valence-electron chi connectivity index (χ1n) is 12.3. The van der Waals surface area contributed by atoms with Gasteiger partial charge >= 0.3 is 0 Å². The van der Waals surface area contributed by atoms with E-state index in [9.17, 15) is 4.79 Å². The van der Waals surface area contributed by atoms with E-state index in [1.165, 1.54) is 44.1 Å². The number of likely N-dealkylation sites (tertiary alicyclic amines) is 1. The quantitative estimate of drug-likeness (QED) is 0.644. The van der Waals surface area contributed by atoms with E-state index in [0.717, 1.165) is 45.4 Å². The van der Waals surface area contributed by atoms with Crippen LogP contribution in [0.15, 0.2) is 36.5 Å². The summed E-state index contributed by atoms with van der Waals surface area (Å²) in [5.41, 5.74) is 1.98. The maximum atomic E-state index is 14.0. The van der Waals surface area contributed by atoms with E-state index in [1.54, 1.807) is 0 Å². The molecule has 1 spiro atoms. The minimum absolute atomic E-state index is 0.133. The molecular formula is C27H40N2O. The number of piperidine rings is 1. The molecule has 2 heterocycles. The predicted octanol–water partition coefficient (Wildman–Crippen LogP) is 5.25. The standard InChI is InChI=1S/C27H40N2O/c1-4-5-6-7-21(2)27-17-24(3)10-8-22(27)9-11-26(16-24,18-27)23(30)29-19-25(20-29)12-14-28-15-13-25/h4-7,22,28H,2,8-20H2,1,3H3/b5-4-,7-6-/t22?,24-,26?,27-/m0/s1. The van der Waals surface area contributed by atoms with E-state index in [0.29, 0.717) is 22.7 Å². The van der Waals surface area contributed by atoms with Crippen molar-refractivity contribution in [3.8, 4) is 0 Å². The maximum absolute atomic E-state index is 14.0. The van der Waals surface area contributed by atoms with Gasteiger partial charge in [-0.2, -0.15) is 0 Å². The van der Waals surface area contributed by atoms with Crippen molar-refractivity contribution in [2.24, 2.45) is 27.6 Å². The molecule has 2 unspecified atom stereocenters. The highest BCUT2D eigenvalue weighted by Crippen LogP contribution is 2.71. The van der Waals surface area contributed by atoms with Gasteiger partial charge in [0.15, 0.2) is 0 Å². The SMILES string of the molecule is C=C(/C=C\C=C/C)[C@]12CC3(C(=O)N4CC5(CCNCC5)C4)CCC1CC[C@@](C)(C3)C2. The minimum atomic E-state index is -0.143. The number of hydrogen-bond donors (Lipinski definition) is 1. The molecule has 3 aliphatic carbocycles. The molecule has 1 amide bonds. The van der Waals surface area contributed by atoms with Gasteiger partial charge in [0.05, 0.1) is 5.41 Å². The Kier molecular flexibility index (Phi) is 4.85. The van der Waals surface area contributed by atoms with Gasteiger partial charge in [0.1, 0.15) is 0 Å². The third-order valence-electron chi connectivity index (χ3n) is 9.71. The van der Waals surface area contributed by atoms with Crippen molar-refractivity contribution in [1.29, 1.82) is 0 Å². The van der Waals surface area contributed by atoms with Crippen LogP contribution in [0.25, 0.3) is 0 Å². The Morgan fingerprint density at radius 1 is 1.03 bits per heavy atom. The number of hydrogen-bond acceptors (Lipinski definition) is 2. The zero-order chi connectivity index (χ0) is 21.0. The van der Waals surface area contributed by atoms with E-state index in [4.69, 9.17) is 0 Å². The monoisotopic (exact) mass is 408 g/mol. The molecule has 30 heavy (non-hydrogen) atoms. The molecule has 5 fully saturated rings. The Morgan fingerprint density at radius 2 is 1.77 bits per heavy atom. The highest BCUT2D eigenvalue weighted by molar-refractivity contribution is 5.84. The molecule has 3 saturated carbocycles. The van der Waals surface area contributed by atoms with Crippen LogP contribution in [0.5, 0.6) is 0 Å². The molecule has 164 valence electrons. The van der Waals surface area contributed by atoms with Crippen molar-refractivity contribution in [1.82, 2.24) is 10.2 Å². The Hall–Kier alpha value is -1.35. The van der Waals surface area contributed by atoms with Crippen LogP contribution in [-0.4, -0.2) is 37.0 Å². The third-order valence-corrected chi connectivity index (χ3v) is 9.71. The molecule has 0 radical (unpaired) electrons. The van der Waals surface area contributed by atoms with Crippen LogP contribution < -0.4 is 5.32 Å². The fourth-order valence-corrected chi connectivity index (χ4v) is 8.39. The van der Waals surface area contributed by atoms with Gasteiger partial charge in [-0.05, 0) is 100 Å². The summed E-state index contributed by atoms with van der Waals surface area (Å²) >= 11 is 0. The van der Waals surface area contributed by atoms with E-state index in [2.05, 4.69) is 54.9 Å². The first-order valence-corrected chi connectivity index (χ1v) is 12.3. The van der Waals surface area contributed by atoms with Crippen molar-refractivity contribution >= 4 is 5.91 Å². The van der Waals surface area contributed by atoms with Gasteiger partial charge in [0.2, 0.25) is 5.91 Å². The second-order valence-electron chi connectivity index (χ2n) is 11.9. The largest absolute Gasteiger partial charge is 0.341 e. The van der Waals surface area contributed by atoms with Crippen LogP contribution in [-0.2, 0) is 4.79 Å². The van der Waals surface area contributed by atoms with Crippen LogP contribution in [0.2, 0.25) is 0 Å². The molecule has 2 saturated heterocycles. The van der Waals surface area contributed by atoms with Crippen LogP contribution in [0.1, 0.15) is 71.6 Å². The van der Waals surface area contributed by atoms with Gasteiger partial charge < -0.3 is 10.2 Å². The van der Waals surface area contributed by atoms with E-state index >= 15 is 0 Å². The summed E-state index contributed by atoms with van der Waals surface area (Å²) in [6.45, 7) is 13.4. The summed E-state index contributed by atoms with van der Waals surface area (Å²) < 4.78 is 0. The fraction of sp³-hybridized carbons (Fsp3) is 0.741. The summed E-state index contributed by atoms with van der Waals surface area (Å²) in [4.78, 5) is 16.3. The second kappa shape index (κ2) is 7.08. The van der Waals surface area contributed by atoms with Crippen LogP contribution in [0, 0.1) is 27.6 Å². The first-order chi connectivity index (χ1) is 14.3. The Bertz CT molecular complexity index is 783. The fourth-order valence-electron chi connectivity index (χ4n) is 8.39. The lowest BCUT2D eigenvalue weighted by molar-refractivity contribution is -0.181. The molecular weight excluding hydrogens is 368 g/mol. The highest BCUT2D eigenvalue weighted by Gasteiger charge is 2.65. The molecule has 0 aromatic heterocycles. The molecule has 3 bridgehead atoms. The summed E-state index contributed by atoms with van der Waals surface area (Å²) in [5.74, 6) is 1.20. The molecule has 5 aliphatic rings. The minimum Gasteiger partial charge on any atom is -0.341 e. The molecule has 4 atom stereocenters. The lowest BCUT2D eigenvalue weighted by Gasteiger charge is -2.66. The van der Waals surface area contributed by atoms with Crippen molar-refractivity contribution in [2.75, 3.05) is 26.2 Å². The van der Waals surface area contributed by atoms with E-state index in [1.807, 2.05) is 0 Å². The maximum Gasteiger partial charge on any atom is 0.228 e. The number of allylic oxidation sites excluding steroid dienone is 5. The summed E-state index contributed by atoms with van der Waals surface area (Å²) in [6.07, 6.45) is 19.3. The molecule has 3 heteroatoms. The second-order valence-corrected chi connectivity index (χ2v) is 11.9. The zero-order valence-electron chi connectivity index (χ0n) is 19.1. The smallest absolute Gasteiger partial charge is 0.228 e. The van der Waals surface area contributed by atoms with Gasteiger partial charge in [-0.25, -0.2) is 0 Å². The van der Waals surface area contributed by atoms with Crippen LogP contribution in [0.3, 0.4) is 0 Å². The third kappa shape index (κ3) is 3.06. The first kappa shape index (κ1) is 20.5. The normalized spacial score (nSPS) is 42.1. The Balaban J connectivity index is 1.41. The molecule has 1 N–H and O–H groups in total. The van der Waals surface area contributed by atoms with Crippen molar-refractivity contribution in [3.63, 3.8) is 0 Å². The number of carbonyl (C=O) groups is 1. The number of rotatable bonds is 4. The number of carbonyl (C=O) groups excluding carboxylic acids is 1. The number of nitrogens with zero attached hydrogens (tertiary/aromatic N) is 1. The molecule has 2 aliphatic heterocycles. The topological polar surface area (TPSA) is 32.3 Å². The predicted molar refractivity (Wildman–Crippen MR) is 123 cm³/mol. The van der Waals surface area contributed by atoms with Crippen molar-refractivity contribution in [3.05, 3.63) is 36.5 Å². The molecule has 5 rings (SSSR count). The van der Waals surface area contributed by atoms with E-state index in [-0.39, 0.29) is 10.8 Å².